The van der Waals surface area contributed by atoms with Crippen molar-refractivity contribution in [3.63, 3.8) is 0 Å². The molecule has 0 spiro atoms. The van der Waals surface area contributed by atoms with Gasteiger partial charge in [-0.2, -0.15) is 0 Å². The molecule has 0 aliphatic heterocycles. The summed E-state index contributed by atoms with van der Waals surface area (Å²) in [5, 5.41) is -0.639. The lowest BCUT2D eigenvalue weighted by Crippen LogP contribution is -2.36. The number of hydrogen-bond acceptors (Lipinski definition) is 3. The number of nitrogens with two attached hydrogens (primary N) is 1. The molecule has 4 nitrogen and oxygen atoms in total. The highest BCUT2D eigenvalue weighted by atomic mass is 32.2. The maximum Gasteiger partial charge on any atom is 0.215 e. The zero-order valence-corrected chi connectivity index (χ0v) is 11.6. The SMILES string of the molecule is Cc1cc(CNS(=O)(=O)C(C)CN)cc(C)c1F. The van der Waals surface area contributed by atoms with E-state index in [0.29, 0.717) is 11.1 Å². The number of rotatable bonds is 5. The fourth-order valence-corrected chi connectivity index (χ4v) is 2.50. The Hall–Kier alpha value is -0.980. The Bertz CT molecular complexity index is 506. The van der Waals surface area contributed by atoms with Crippen LogP contribution in [0.2, 0.25) is 0 Å². The first-order valence-corrected chi connectivity index (χ1v) is 7.26. The van der Waals surface area contributed by atoms with E-state index in [9.17, 15) is 12.8 Å². The lowest BCUT2D eigenvalue weighted by molar-refractivity contribution is 0.568. The van der Waals surface area contributed by atoms with Crippen LogP contribution in [0, 0.1) is 19.7 Å². The van der Waals surface area contributed by atoms with Crippen LogP contribution in [0.5, 0.6) is 0 Å². The van der Waals surface area contributed by atoms with Gasteiger partial charge in [0.15, 0.2) is 0 Å². The van der Waals surface area contributed by atoms with Crippen LogP contribution >= 0.6 is 0 Å². The van der Waals surface area contributed by atoms with Gasteiger partial charge in [-0.1, -0.05) is 12.1 Å². The van der Waals surface area contributed by atoms with Gasteiger partial charge < -0.3 is 5.73 Å². The molecule has 0 aliphatic rings. The summed E-state index contributed by atoms with van der Waals surface area (Å²) in [6.45, 7) is 5.07. The van der Waals surface area contributed by atoms with Crippen LogP contribution in [0.1, 0.15) is 23.6 Å². The number of sulfonamides is 1. The number of hydrogen-bond donors (Lipinski definition) is 2. The van der Waals surface area contributed by atoms with Gasteiger partial charge in [-0.3, -0.25) is 0 Å². The summed E-state index contributed by atoms with van der Waals surface area (Å²) in [6.07, 6.45) is 0. The van der Waals surface area contributed by atoms with Gasteiger partial charge in [0.1, 0.15) is 5.82 Å². The monoisotopic (exact) mass is 274 g/mol. The van der Waals surface area contributed by atoms with Gasteiger partial charge in [0, 0.05) is 13.1 Å². The minimum atomic E-state index is -3.41. The van der Waals surface area contributed by atoms with Crippen molar-refractivity contribution in [2.24, 2.45) is 5.73 Å². The van der Waals surface area contributed by atoms with E-state index in [1.165, 1.54) is 0 Å². The molecule has 0 radical (unpaired) electrons. The molecule has 1 aromatic rings. The molecule has 18 heavy (non-hydrogen) atoms. The highest BCUT2D eigenvalue weighted by Gasteiger charge is 2.18. The Morgan fingerprint density at radius 1 is 1.33 bits per heavy atom. The third-order valence-electron chi connectivity index (χ3n) is 2.84. The van der Waals surface area contributed by atoms with E-state index in [2.05, 4.69) is 4.72 Å². The van der Waals surface area contributed by atoms with Crippen molar-refractivity contribution in [2.75, 3.05) is 6.54 Å². The van der Waals surface area contributed by atoms with E-state index < -0.39 is 15.3 Å². The third kappa shape index (κ3) is 3.51. The summed E-state index contributed by atoms with van der Waals surface area (Å²) in [5.41, 5.74) is 7.08. The van der Waals surface area contributed by atoms with Gasteiger partial charge in [-0.15, -0.1) is 0 Å². The minimum Gasteiger partial charge on any atom is -0.329 e. The summed E-state index contributed by atoms with van der Waals surface area (Å²) in [7, 11) is -3.41. The highest BCUT2D eigenvalue weighted by Crippen LogP contribution is 2.14. The second-order valence-electron chi connectivity index (χ2n) is 4.46. The van der Waals surface area contributed by atoms with Crippen molar-refractivity contribution in [1.82, 2.24) is 4.72 Å². The van der Waals surface area contributed by atoms with E-state index in [1.807, 2.05) is 0 Å². The number of nitrogens with one attached hydrogen (secondary N) is 1. The zero-order valence-electron chi connectivity index (χ0n) is 10.8. The van der Waals surface area contributed by atoms with Crippen molar-refractivity contribution >= 4 is 10.0 Å². The third-order valence-corrected chi connectivity index (χ3v) is 4.63. The summed E-state index contributed by atoms with van der Waals surface area (Å²) < 4.78 is 39.3. The molecule has 0 saturated carbocycles. The van der Waals surface area contributed by atoms with Gasteiger partial charge in [-0.05, 0) is 37.5 Å². The first-order valence-electron chi connectivity index (χ1n) is 5.72. The Labute approximate surface area is 107 Å². The molecule has 1 rings (SSSR count). The molecule has 0 aliphatic carbocycles. The summed E-state index contributed by atoms with van der Waals surface area (Å²) in [4.78, 5) is 0. The summed E-state index contributed by atoms with van der Waals surface area (Å²) in [6, 6.07) is 3.27. The molecule has 6 heteroatoms. The van der Waals surface area contributed by atoms with E-state index in [4.69, 9.17) is 5.73 Å². The number of aryl methyl sites for hydroxylation is 2. The normalized spacial score (nSPS) is 13.6. The van der Waals surface area contributed by atoms with Gasteiger partial charge in [0.25, 0.3) is 0 Å². The van der Waals surface area contributed by atoms with Gasteiger partial charge in [0.05, 0.1) is 5.25 Å². The Kier molecular flexibility index (Phi) is 4.84. The average molecular weight is 274 g/mol. The maximum absolute atomic E-state index is 13.4. The molecule has 3 N–H and O–H groups in total. The quantitative estimate of drug-likeness (QED) is 0.847. The van der Waals surface area contributed by atoms with Crippen LogP contribution in [0.4, 0.5) is 4.39 Å². The maximum atomic E-state index is 13.4. The molecule has 0 fully saturated rings. The van der Waals surface area contributed by atoms with Crippen LogP contribution < -0.4 is 10.5 Å². The standard InChI is InChI=1S/C12H19FN2O2S/c1-8-4-11(5-9(2)12(8)13)7-15-18(16,17)10(3)6-14/h4-5,10,15H,6-7,14H2,1-3H3. The molecule has 1 atom stereocenters. The minimum absolute atomic E-state index is 0.0663. The van der Waals surface area contributed by atoms with Crippen molar-refractivity contribution in [3.8, 4) is 0 Å². The molecular weight excluding hydrogens is 255 g/mol. The predicted octanol–water partition coefficient (Wildman–Crippen LogP) is 1.21. The lowest BCUT2D eigenvalue weighted by Gasteiger charge is -2.13. The summed E-state index contributed by atoms with van der Waals surface area (Å²) >= 11 is 0. The Morgan fingerprint density at radius 3 is 2.28 bits per heavy atom. The van der Waals surface area contributed by atoms with Gasteiger partial charge >= 0.3 is 0 Å². The average Bonchev–Trinajstić information content (AvgIpc) is 2.32. The molecule has 0 amide bonds. The van der Waals surface area contributed by atoms with Crippen LogP contribution in [-0.2, 0) is 16.6 Å². The highest BCUT2D eigenvalue weighted by molar-refractivity contribution is 7.90. The molecule has 1 aromatic carbocycles. The number of halogens is 1. The second-order valence-corrected chi connectivity index (χ2v) is 6.64. The van der Waals surface area contributed by atoms with E-state index in [0.717, 1.165) is 5.56 Å². The van der Waals surface area contributed by atoms with Crippen LogP contribution in [0.3, 0.4) is 0 Å². The second kappa shape index (κ2) is 5.77. The van der Waals surface area contributed by atoms with Crippen molar-refractivity contribution in [3.05, 3.63) is 34.6 Å². The van der Waals surface area contributed by atoms with E-state index in [-0.39, 0.29) is 18.9 Å². The smallest absolute Gasteiger partial charge is 0.215 e. The first-order chi connectivity index (χ1) is 8.27. The van der Waals surface area contributed by atoms with Crippen molar-refractivity contribution in [1.29, 1.82) is 0 Å². The van der Waals surface area contributed by atoms with Crippen LogP contribution in [0.25, 0.3) is 0 Å². The molecule has 102 valence electrons. The fraction of sp³-hybridized carbons (Fsp3) is 0.500. The fourth-order valence-electron chi connectivity index (χ4n) is 1.59. The molecule has 0 aromatic heterocycles. The molecule has 0 heterocycles. The topological polar surface area (TPSA) is 72.2 Å². The van der Waals surface area contributed by atoms with Gasteiger partial charge in [0.2, 0.25) is 10.0 Å². The van der Waals surface area contributed by atoms with Crippen molar-refractivity contribution < 1.29 is 12.8 Å². The first kappa shape index (κ1) is 15.1. The number of benzene rings is 1. The van der Waals surface area contributed by atoms with E-state index >= 15 is 0 Å². The van der Waals surface area contributed by atoms with Gasteiger partial charge in [-0.25, -0.2) is 17.5 Å². The molecule has 0 bridgehead atoms. The molecule has 0 saturated heterocycles. The Morgan fingerprint density at radius 2 is 1.83 bits per heavy atom. The van der Waals surface area contributed by atoms with Crippen LogP contribution in [-0.4, -0.2) is 20.2 Å². The largest absolute Gasteiger partial charge is 0.329 e. The molecule has 1 unspecified atom stereocenters. The molecular formula is C12H19FN2O2S. The summed E-state index contributed by atoms with van der Waals surface area (Å²) in [5.74, 6) is -0.253. The Balaban J connectivity index is 2.82. The van der Waals surface area contributed by atoms with Crippen LogP contribution in [0.15, 0.2) is 12.1 Å². The van der Waals surface area contributed by atoms with Crippen molar-refractivity contribution in [2.45, 2.75) is 32.6 Å². The predicted molar refractivity (Wildman–Crippen MR) is 70.1 cm³/mol. The lowest BCUT2D eigenvalue weighted by atomic mass is 10.1. The van der Waals surface area contributed by atoms with E-state index in [1.54, 1.807) is 32.9 Å². The zero-order chi connectivity index (χ0) is 13.9.